The first-order chi connectivity index (χ1) is 11.5. The number of aromatic nitrogens is 3. The van der Waals surface area contributed by atoms with Gasteiger partial charge in [-0.2, -0.15) is 4.98 Å². The second-order valence-electron chi connectivity index (χ2n) is 6.07. The Morgan fingerprint density at radius 3 is 2.67 bits per heavy atom. The highest BCUT2D eigenvalue weighted by molar-refractivity contribution is 7.71. The fourth-order valence-corrected chi connectivity index (χ4v) is 3.04. The van der Waals surface area contributed by atoms with Crippen molar-refractivity contribution in [1.82, 2.24) is 14.8 Å². The fraction of sp³-hybridized carbons (Fsp3) is 0.222. The number of nitrogens with zero attached hydrogens (tertiary/aromatic N) is 2. The maximum Gasteiger partial charge on any atom is 0.221 e. The highest BCUT2D eigenvalue weighted by Gasteiger charge is 2.10. The van der Waals surface area contributed by atoms with Crippen molar-refractivity contribution in [1.29, 1.82) is 0 Å². The highest BCUT2D eigenvalue weighted by atomic mass is 35.5. The van der Waals surface area contributed by atoms with Crippen LogP contribution in [0.15, 0.2) is 48.5 Å². The van der Waals surface area contributed by atoms with Crippen molar-refractivity contribution in [2.75, 3.05) is 7.05 Å². The smallest absolute Gasteiger partial charge is 0.221 e. The molecule has 3 rings (SSSR count). The Kier molecular flexibility index (Phi) is 5.14. The Morgan fingerprint density at radius 1 is 1.21 bits per heavy atom. The van der Waals surface area contributed by atoms with Gasteiger partial charge in [0.25, 0.3) is 0 Å². The minimum Gasteiger partial charge on any atom is -0.315 e. The summed E-state index contributed by atoms with van der Waals surface area (Å²) in [6, 6.07) is 16.2. The van der Waals surface area contributed by atoms with Crippen molar-refractivity contribution in [3.8, 4) is 11.4 Å². The van der Waals surface area contributed by atoms with Crippen LogP contribution in [-0.2, 0) is 13.2 Å². The Labute approximate surface area is 151 Å². The molecular formula is C18H20ClN4S+. The zero-order valence-corrected chi connectivity index (χ0v) is 15.3. The molecule has 0 amide bonds. The molecule has 1 unspecified atom stereocenters. The van der Waals surface area contributed by atoms with Gasteiger partial charge >= 0.3 is 0 Å². The number of halogens is 1. The molecule has 0 aliphatic heterocycles. The third-order valence-electron chi connectivity index (χ3n) is 3.83. The number of aromatic amines is 1. The molecular weight excluding hydrogens is 340 g/mol. The molecule has 2 aromatic carbocycles. The first-order valence-corrected chi connectivity index (χ1v) is 8.59. The van der Waals surface area contributed by atoms with Gasteiger partial charge in [-0.05, 0) is 31.3 Å². The van der Waals surface area contributed by atoms with E-state index in [2.05, 4.69) is 54.4 Å². The average Bonchev–Trinajstić information content (AvgIpc) is 2.89. The lowest BCUT2D eigenvalue weighted by molar-refractivity contribution is -0.917. The van der Waals surface area contributed by atoms with Crippen molar-refractivity contribution in [2.45, 2.75) is 20.1 Å². The quantitative estimate of drug-likeness (QED) is 0.686. The number of rotatable bonds is 5. The molecule has 0 spiro atoms. The molecule has 2 N–H and O–H groups in total. The van der Waals surface area contributed by atoms with E-state index in [1.54, 1.807) is 0 Å². The SMILES string of the molecule is Cc1ccc(-c2nc(=S)n(C[NH+](C)Cc3cccc(Cl)c3)[nH]2)cc1. The van der Waals surface area contributed by atoms with E-state index in [9.17, 15) is 0 Å². The summed E-state index contributed by atoms with van der Waals surface area (Å²) >= 11 is 11.4. The molecule has 0 saturated carbocycles. The molecule has 124 valence electrons. The molecule has 0 aliphatic carbocycles. The summed E-state index contributed by atoms with van der Waals surface area (Å²) in [5.41, 5.74) is 3.46. The minimum absolute atomic E-state index is 0.566. The fourth-order valence-electron chi connectivity index (χ4n) is 2.63. The summed E-state index contributed by atoms with van der Waals surface area (Å²) in [6.45, 7) is 3.64. The number of H-pyrrole nitrogens is 1. The molecule has 1 aromatic heterocycles. The second kappa shape index (κ2) is 7.30. The first kappa shape index (κ1) is 16.9. The van der Waals surface area contributed by atoms with Crippen molar-refractivity contribution >= 4 is 23.8 Å². The number of hydrogen-bond donors (Lipinski definition) is 2. The van der Waals surface area contributed by atoms with Gasteiger partial charge in [-0.1, -0.05) is 53.6 Å². The Bertz CT molecular complexity index is 883. The maximum atomic E-state index is 6.05. The van der Waals surface area contributed by atoms with Crippen LogP contribution in [0.25, 0.3) is 11.4 Å². The van der Waals surface area contributed by atoms with Gasteiger partial charge in [0.05, 0.1) is 7.05 Å². The van der Waals surface area contributed by atoms with Crippen LogP contribution in [0, 0.1) is 11.7 Å². The van der Waals surface area contributed by atoms with Gasteiger partial charge in [-0.3, -0.25) is 5.10 Å². The van der Waals surface area contributed by atoms with Crippen LogP contribution in [0.3, 0.4) is 0 Å². The molecule has 1 heterocycles. The van der Waals surface area contributed by atoms with E-state index >= 15 is 0 Å². The molecule has 24 heavy (non-hydrogen) atoms. The monoisotopic (exact) mass is 359 g/mol. The zero-order chi connectivity index (χ0) is 17.1. The van der Waals surface area contributed by atoms with E-state index < -0.39 is 0 Å². The van der Waals surface area contributed by atoms with E-state index in [-0.39, 0.29) is 0 Å². The number of hydrogen-bond acceptors (Lipinski definition) is 2. The van der Waals surface area contributed by atoms with Crippen LogP contribution in [0.5, 0.6) is 0 Å². The van der Waals surface area contributed by atoms with Gasteiger partial charge in [0, 0.05) is 16.1 Å². The Hall–Kier alpha value is -1.95. The van der Waals surface area contributed by atoms with E-state index in [0.717, 1.165) is 23.0 Å². The van der Waals surface area contributed by atoms with Crippen LogP contribution < -0.4 is 4.90 Å². The number of nitrogens with one attached hydrogen (secondary N) is 2. The minimum atomic E-state index is 0.566. The van der Waals surface area contributed by atoms with Gasteiger partial charge in [0.15, 0.2) is 12.5 Å². The molecule has 0 radical (unpaired) electrons. The third-order valence-corrected chi connectivity index (χ3v) is 4.37. The van der Waals surface area contributed by atoms with E-state index in [1.165, 1.54) is 16.0 Å². The van der Waals surface area contributed by atoms with E-state index in [0.29, 0.717) is 11.4 Å². The highest BCUT2D eigenvalue weighted by Crippen LogP contribution is 2.15. The van der Waals surface area contributed by atoms with Crippen molar-refractivity contribution in [3.05, 3.63) is 69.5 Å². The molecule has 0 bridgehead atoms. The predicted octanol–water partition coefficient (Wildman–Crippen LogP) is 3.24. The van der Waals surface area contributed by atoms with Gasteiger partial charge in [-0.15, -0.1) is 0 Å². The summed E-state index contributed by atoms with van der Waals surface area (Å²) in [5, 5.41) is 4.06. The predicted molar refractivity (Wildman–Crippen MR) is 99.6 cm³/mol. The van der Waals surface area contributed by atoms with Gasteiger partial charge in [-0.25, -0.2) is 4.68 Å². The number of aryl methyl sites for hydroxylation is 1. The largest absolute Gasteiger partial charge is 0.315 e. The van der Waals surface area contributed by atoms with Crippen LogP contribution in [0.4, 0.5) is 0 Å². The molecule has 0 saturated heterocycles. The number of quaternary nitrogens is 1. The number of benzene rings is 2. The molecule has 0 fully saturated rings. The molecule has 3 aromatic rings. The molecule has 1 atom stereocenters. The van der Waals surface area contributed by atoms with Crippen molar-refractivity contribution in [3.63, 3.8) is 0 Å². The normalized spacial score (nSPS) is 12.3. The molecule has 0 aliphatic rings. The Balaban J connectivity index is 1.73. The lowest BCUT2D eigenvalue weighted by Gasteiger charge is -2.14. The van der Waals surface area contributed by atoms with Gasteiger partial charge in [0.2, 0.25) is 4.77 Å². The van der Waals surface area contributed by atoms with Crippen LogP contribution >= 0.6 is 23.8 Å². The Morgan fingerprint density at radius 2 is 1.96 bits per heavy atom. The van der Waals surface area contributed by atoms with E-state index in [4.69, 9.17) is 23.8 Å². The van der Waals surface area contributed by atoms with Crippen LogP contribution in [0.2, 0.25) is 5.02 Å². The van der Waals surface area contributed by atoms with E-state index in [1.807, 2.05) is 22.9 Å². The second-order valence-corrected chi connectivity index (χ2v) is 6.87. The summed E-state index contributed by atoms with van der Waals surface area (Å²) in [6.07, 6.45) is 0. The third kappa shape index (κ3) is 4.12. The van der Waals surface area contributed by atoms with Crippen LogP contribution in [-0.4, -0.2) is 21.8 Å². The summed E-state index contributed by atoms with van der Waals surface area (Å²) in [5.74, 6) is 0.801. The summed E-state index contributed by atoms with van der Waals surface area (Å²) in [7, 11) is 2.12. The first-order valence-electron chi connectivity index (χ1n) is 7.81. The topological polar surface area (TPSA) is 38.0 Å². The molecule has 4 nitrogen and oxygen atoms in total. The maximum absolute atomic E-state index is 6.05. The summed E-state index contributed by atoms with van der Waals surface area (Å²) in [4.78, 5) is 5.76. The molecule has 6 heteroatoms. The van der Waals surface area contributed by atoms with Crippen molar-refractivity contribution in [2.24, 2.45) is 0 Å². The van der Waals surface area contributed by atoms with Gasteiger partial charge < -0.3 is 4.90 Å². The van der Waals surface area contributed by atoms with Crippen molar-refractivity contribution < 1.29 is 4.90 Å². The lowest BCUT2D eigenvalue weighted by atomic mass is 10.1. The standard InChI is InChI=1S/C18H19ClN4S/c1-13-6-8-15(9-7-13)17-20-18(24)23(21-17)12-22(2)11-14-4-3-5-16(19)10-14/h3-10H,11-12H2,1-2H3,(H,20,21,24)/p+1. The lowest BCUT2D eigenvalue weighted by Crippen LogP contribution is -3.07. The zero-order valence-electron chi connectivity index (χ0n) is 13.7. The van der Waals surface area contributed by atoms with Crippen LogP contribution in [0.1, 0.15) is 11.1 Å². The average molecular weight is 360 g/mol. The van der Waals surface area contributed by atoms with Gasteiger partial charge in [0.1, 0.15) is 6.54 Å². The summed E-state index contributed by atoms with van der Waals surface area (Å²) < 4.78 is 2.47.